The Bertz CT molecular complexity index is 659. The number of carbonyl (C=O) groups excluding carboxylic acids is 1. The summed E-state index contributed by atoms with van der Waals surface area (Å²) in [6, 6.07) is 12.2. The number of benzene rings is 1. The first kappa shape index (κ1) is 15.6. The molecule has 1 aliphatic heterocycles. The molecule has 0 aliphatic carbocycles. The number of hydrogen-bond acceptors (Lipinski definition) is 4. The Labute approximate surface area is 136 Å². The molecular weight excluding hydrogens is 288 g/mol. The van der Waals surface area contributed by atoms with Crippen LogP contribution in [-0.4, -0.2) is 42.5 Å². The Morgan fingerprint density at radius 2 is 2.30 bits per heavy atom. The largest absolute Gasteiger partial charge is 0.355 e. The molecule has 0 bridgehead atoms. The molecule has 1 atom stereocenters. The van der Waals surface area contributed by atoms with Crippen LogP contribution in [0.25, 0.3) is 0 Å². The first-order chi connectivity index (χ1) is 11.3. The minimum absolute atomic E-state index is 0.0468. The van der Waals surface area contributed by atoms with Gasteiger partial charge in [-0.05, 0) is 29.3 Å². The van der Waals surface area contributed by atoms with Crippen molar-refractivity contribution in [3.63, 3.8) is 0 Å². The lowest BCUT2D eigenvalue weighted by Crippen LogP contribution is -2.45. The number of rotatable bonds is 4. The Balaban J connectivity index is 1.82. The first-order valence-electron chi connectivity index (χ1n) is 7.93. The van der Waals surface area contributed by atoms with E-state index in [1.807, 2.05) is 30.5 Å². The number of carbonyl (C=O) groups is 1. The fourth-order valence-corrected chi connectivity index (χ4v) is 3.02. The van der Waals surface area contributed by atoms with Gasteiger partial charge in [-0.15, -0.1) is 0 Å². The van der Waals surface area contributed by atoms with Gasteiger partial charge in [-0.25, -0.2) is 0 Å². The molecule has 120 valence electrons. The van der Waals surface area contributed by atoms with Gasteiger partial charge in [0, 0.05) is 57.2 Å². The van der Waals surface area contributed by atoms with Crippen molar-refractivity contribution in [1.82, 2.24) is 20.5 Å². The lowest BCUT2D eigenvalue weighted by atomic mass is 10.00. The summed E-state index contributed by atoms with van der Waals surface area (Å²) in [5.74, 6) is -0.0468. The van der Waals surface area contributed by atoms with Gasteiger partial charge in [0.25, 0.3) is 5.91 Å². The maximum atomic E-state index is 11.9. The summed E-state index contributed by atoms with van der Waals surface area (Å²) < 4.78 is 0. The van der Waals surface area contributed by atoms with Crippen LogP contribution in [0.4, 0.5) is 0 Å². The summed E-state index contributed by atoms with van der Waals surface area (Å²) in [5.41, 5.74) is 3.08. The van der Waals surface area contributed by atoms with Crippen LogP contribution < -0.4 is 10.6 Å². The van der Waals surface area contributed by atoms with Gasteiger partial charge < -0.3 is 10.6 Å². The zero-order chi connectivity index (χ0) is 16.1. The molecular formula is C18H22N4O. The monoisotopic (exact) mass is 310 g/mol. The third-order valence-corrected chi connectivity index (χ3v) is 4.22. The van der Waals surface area contributed by atoms with Crippen molar-refractivity contribution in [1.29, 1.82) is 0 Å². The van der Waals surface area contributed by atoms with Crippen LogP contribution in [0.15, 0.2) is 48.8 Å². The molecule has 1 aliphatic rings. The summed E-state index contributed by atoms with van der Waals surface area (Å²) in [7, 11) is 1.66. The van der Waals surface area contributed by atoms with Crippen LogP contribution in [0.5, 0.6) is 0 Å². The maximum Gasteiger partial charge on any atom is 0.251 e. The van der Waals surface area contributed by atoms with Crippen molar-refractivity contribution in [2.45, 2.75) is 12.6 Å². The second-order valence-corrected chi connectivity index (χ2v) is 5.76. The normalized spacial score (nSPS) is 18.6. The van der Waals surface area contributed by atoms with Gasteiger partial charge in [-0.1, -0.05) is 18.2 Å². The number of nitrogens with zero attached hydrogens (tertiary/aromatic N) is 2. The second kappa shape index (κ2) is 7.35. The third-order valence-electron chi connectivity index (χ3n) is 4.22. The van der Waals surface area contributed by atoms with Crippen molar-refractivity contribution < 1.29 is 4.79 Å². The Kier molecular flexibility index (Phi) is 5.00. The zero-order valence-corrected chi connectivity index (χ0v) is 13.3. The van der Waals surface area contributed by atoms with Gasteiger partial charge in [0.2, 0.25) is 0 Å². The van der Waals surface area contributed by atoms with E-state index in [1.165, 1.54) is 11.1 Å². The summed E-state index contributed by atoms with van der Waals surface area (Å²) in [6.45, 7) is 3.71. The number of nitrogens with one attached hydrogen (secondary N) is 2. The van der Waals surface area contributed by atoms with E-state index in [2.05, 4.69) is 32.7 Å². The van der Waals surface area contributed by atoms with E-state index in [4.69, 9.17) is 0 Å². The molecule has 1 saturated heterocycles. The summed E-state index contributed by atoms with van der Waals surface area (Å²) >= 11 is 0. The summed E-state index contributed by atoms with van der Waals surface area (Å²) in [4.78, 5) is 18.5. The van der Waals surface area contributed by atoms with Crippen molar-refractivity contribution in [3.8, 4) is 0 Å². The molecule has 2 N–H and O–H groups in total. The molecule has 0 unspecified atom stereocenters. The molecule has 1 fully saturated rings. The van der Waals surface area contributed by atoms with E-state index < -0.39 is 0 Å². The average molecular weight is 310 g/mol. The fourth-order valence-electron chi connectivity index (χ4n) is 3.02. The van der Waals surface area contributed by atoms with Gasteiger partial charge in [-0.3, -0.25) is 14.7 Å². The van der Waals surface area contributed by atoms with Gasteiger partial charge in [0.1, 0.15) is 0 Å². The van der Waals surface area contributed by atoms with Crippen LogP contribution in [0.3, 0.4) is 0 Å². The maximum absolute atomic E-state index is 11.9. The molecule has 5 heteroatoms. The van der Waals surface area contributed by atoms with Crippen molar-refractivity contribution >= 4 is 5.91 Å². The minimum Gasteiger partial charge on any atom is -0.355 e. The molecule has 0 radical (unpaired) electrons. The van der Waals surface area contributed by atoms with E-state index in [-0.39, 0.29) is 11.9 Å². The highest BCUT2D eigenvalue weighted by Crippen LogP contribution is 2.24. The molecule has 0 saturated carbocycles. The summed E-state index contributed by atoms with van der Waals surface area (Å²) in [6.07, 6.45) is 3.71. The van der Waals surface area contributed by atoms with Gasteiger partial charge in [0.15, 0.2) is 0 Å². The molecule has 5 nitrogen and oxygen atoms in total. The Morgan fingerprint density at radius 3 is 3.09 bits per heavy atom. The predicted molar refractivity (Wildman–Crippen MR) is 90.1 cm³/mol. The van der Waals surface area contributed by atoms with Crippen molar-refractivity contribution in [2.75, 3.05) is 26.7 Å². The molecule has 23 heavy (non-hydrogen) atoms. The Morgan fingerprint density at radius 1 is 1.39 bits per heavy atom. The number of amides is 1. The Hall–Kier alpha value is -2.24. The molecule has 1 amide bonds. The van der Waals surface area contributed by atoms with Crippen molar-refractivity contribution in [2.24, 2.45) is 0 Å². The third kappa shape index (κ3) is 3.75. The number of hydrogen-bond donors (Lipinski definition) is 2. The number of pyridine rings is 1. The van der Waals surface area contributed by atoms with Crippen molar-refractivity contribution in [3.05, 3.63) is 65.5 Å². The smallest absolute Gasteiger partial charge is 0.251 e. The van der Waals surface area contributed by atoms with Crippen LogP contribution in [0.2, 0.25) is 0 Å². The zero-order valence-electron chi connectivity index (χ0n) is 13.3. The summed E-state index contributed by atoms with van der Waals surface area (Å²) in [5, 5.41) is 6.14. The molecule has 1 aromatic carbocycles. The second-order valence-electron chi connectivity index (χ2n) is 5.76. The van der Waals surface area contributed by atoms with Crippen LogP contribution >= 0.6 is 0 Å². The highest BCUT2D eigenvalue weighted by molar-refractivity contribution is 5.94. The quantitative estimate of drug-likeness (QED) is 0.900. The lowest BCUT2D eigenvalue weighted by Gasteiger charge is -2.36. The molecule has 1 aromatic heterocycles. The van der Waals surface area contributed by atoms with Gasteiger partial charge in [-0.2, -0.15) is 0 Å². The molecule has 3 rings (SSSR count). The van der Waals surface area contributed by atoms with E-state index in [9.17, 15) is 4.79 Å². The SMILES string of the molecule is CNC(=O)c1cccc([C@H]2CNCCN2Cc2cccnc2)c1. The lowest BCUT2D eigenvalue weighted by molar-refractivity contribution is 0.0962. The highest BCUT2D eigenvalue weighted by Gasteiger charge is 2.24. The van der Waals surface area contributed by atoms with E-state index in [0.717, 1.165) is 26.2 Å². The molecule has 2 aromatic rings. The topological polar surface area (TPSA) is 57.3 Å². The standard InChI is InChI=1S/C18H22N4O/c1-19-18(23)16-6-2-5-15(10-16)17-12-21-8-9-22(17)13-14-4-3-7-20-11-14/h2-7,10-11,17,21H,8-9,12-13H2,1H3,(H,19,23)/t17-/m1/s1. The molecule has 2 heterocycles. The fraction of sp³-hybridized carbons (Fsp3) is 0.333. The molecule has 0 spiro atoms. The minimum atomic E-state index is -0.0468. The van der Waals surface area contributed by atoms with Crippen LogP contribution in [0, 0.1) is 0 Å². The average Bonchev–Trinajstić information content (AvgIpc) is 2.62. The van der Waals surface area contributed by atoms with Gasteiger partial charge >= 0.3 is 0 Å². The first-order valence-corrected chi connectivity index (χ1v) is 7.93. The number of aromatic nitrogens is 1. The highest BCUT2D eigenvalue weighted by atomic mass is 16.1. The van der Waals surface area contributed by atoms with E-state index >= 15 is 0 Å². The number of piperazine rings is 1. The van der Waals surface area contributed by atoms with Gasteiger partial charge in [0.05, 0.1) is 0 Å². The van der Waals surface area contributed by atoms with E-state index in [1.54, 1.807) is 13.2 Å². The predicted octanol–water partition coefficient (Wildman–Crippen LogP) is 1.59. The van der Waals surface area contributed by atoms with E-state index in [0.29, 0.717) is 5.56 Å². The van der Waals surface area contributed by atoms with Crippen LogP contribution in [0.1, 0.15) is 27.5 Å². The van der Waals surface area contributed by atoms with Crippen LogP contribution in [-0.2, 0) is 6.54 Å².